The normalized spacial score (nSPS) is 17.8. The predicted octanol–water partition coefficient (Wildman–Crippen LogP) is -0.334. The van der Waals surface area contributed by atoms with Crippen LogP contribution in [0.1, 0.15) is 0 Å². The van der Waals surface area contributed by atoms with Gasteiger partial charge in [0, 0.05) is 33.2 Å². The van der Waals surface area contributed by atoms with Gasteiger partial charge in [-0.05, 0) is 0 Å². The molecule has 0 saturated carbocycles. The van der Waals surface area contributed by atoms with Crippen molar-refractivity contribution in [2.75, 3.05) is 20.1 Å². The number of hydrogen-bond donors (Lipinski definition) is 1. The number of rotatable bonds is 3. The highest BCUT2D eigenvalue weighted by molar-refractivity contribution is 7.89. The summed E-state index contributed by atoms with van der Waals surface area (Å²) in [4.78, 5) is 0. The quantitative estimate of drug-likeness (QED) is 0.812. The second kappa shape index (κ2) is 3.99. The van der Waals surface area contributed by atoms with Gasteiger partial charge in [-0.2, -0.15) is 9.40 Å². The minimum absolute atomic E-state index is 0.00373. The molecule has 1 N–H and O–H groups in total. The van der Waals surface area contributed by atoms with Crippen LogP contribution in [0.15, 0.2) is 11.2 Å². The summed E-state index contributed by atoms with van der Waals surface area (Å²) in [5.41, 5.74) is 0. The summed E-state index contributed by atoms with van der Waals surface area (Å²) in [5, 5.41) is 7.06. The van der Waals surface area contributed by atoms with Crippen molar-refractivity contribution in [1.82, 2.24) is 19.4 Å². The lowest BCUT2D eigenvalue weighted by molar-refractivity contribution is 0.272. The molecular weight excluding hydrogens is 252 g/mol. The molecule has 2 heterocycles. The first-order valence-electron chi connectivity index (χ1n) is 4.81. The smallest absolute Gasteiger partial charge is 0.261 e. The van der Waals surface area contributed by atoms with E-state index >= 15 is 0 Å². The molecule has 0 aromatic carbocycles. The fourth-order valence-electron chi connectivity index (χ4n) is 1.55. The van der Waals surface area contributed by atoms with Crippen molar-refractivity contribution in [3.8, 4) is 0 Å². The fraction of sp³-hybridized carbons (Fsp3) is 0.625. The maximum absolute atomic E-state index is 12.2. The maximum Gasteiger partial charge on any atom is 0.261 e. The highest BCUT2D eigenvalue weighted by Crippen LogP contribution is 2.24. The van der Waals surface area contributed by atoms with Gasteiger partial charge >= 0.3 is 0 Å². The van der Waals surface area contributed by atoms with Crippen molar-refractivity contribution in [3.63, 3.8) is 0 Å². The number of hydrogen-bond acceptors (Lipinski definition) is 4. The van der Waals surface area contributed by atoms with Gasteiger partial charge in [0.1, 0.15) is 0 Å². The Bertz CT molecular complexity index is 475. The SMILES string of the molecule is CN(C1CNC1)S(=O)(=O)c1c(Cl)cnn1C. The molecule has 0 bridgehead atoms. The monoisotopic (exact) mass is 264 g/mol. The van der Waals surface area contributed by atoms with Gasteiger partial charge in [0.15, 0.2) is 5.03 Å². The Labute approximate surface area is 99.2 Å². The summed E-state index contributed by atoms with van der Waals surface area (Å²) < 4.78 is 27.1. The number of aryl methyl sites for hydroxylation is 1. The fourth-order valence-corrected chi connectivity index (χ4v) is 3.51. The van der Waals surface area contributed by atoms with E-state index in [4.69, 9.17) is 11.6 Å². The number of likely N-dealkylation sites (N-methyl/N-ethyl adjacent to an activating group) is 1. The van der Waals surface area contributed by atoms with Crippen LogP contribution in [0, 0.1) is 0 Å². The van der Waals surface area contributed by atoms with Crippen LogP contribution < -0.4 is 5.32 Å². The number of nitrogens with zero attached hydrogens (tertiary/aromatic N) is 3. The molecule has 16 heavy (non-hydrogen) atoms. The molecule has 0 aliphatic carbocycles. The predicted molar refractivity (Wildman–Crippen MR) is 59.8 cm³/mol. The van der Waals surface area contributed by atoms with E-state index < -0.39 is 10.0 Å². The number of sulfonamides is 1. The lowest BCUT2D eigenvalue weighted by atomic mass is 10.2. The lowest BCUT2D eigenvalue weighted by Crippen LogP contribution is -2.57. The van der Waals surface area contributed by atoms with Crippen LogP contribution in [0.2, 0.25) is 5.02 Å². The second-order valence-corrected chi connectivity index (χ2v) is 6.07. The van der Waals surface area contributed by atoms with Crippen LogP contribution in [-0.2, 0) is 17.1 Å². The molecule has 0 atom stereocenters. The summed E-state index contributed by atoms with van der Waals surface area (Å²) in [5.74, 6) is 0. The number of aromatic nitrogens is 2. The molecule has 0 radical (unpaired) electrons. The van der Waals surface area contributed by atoms with E-state index in [2.05, 4.69) is 10.4 Å². The highest BCUT2D eigenvalue weighted by atomic mass is 35.5. The topological polar surface area (TPSA) is 67.2 Å². The third-order valence-electron chi connectivity index (χ3n) is 2.74. The van der Waals surface area contributed by atoms with Crippen molar-refractivity contribution in [2.24, 2.45) is 7.05 Å². The van der Waals surface area contributed by atoms with Crippen molar-refractivity contribution < 1.29 is 8.42 Å². The minimum atomic E-state index is -3.56. The van der Waals surface area contributed by atoms with Gasteiger partial charge in [0.2, 0.25) is 0 Å². The summed E-state index contributed by atoms with van der Waals surface area (Å²) in [6, 6.07) is -0.00373. The van der Waals surface area contributed by atoms with Gasteiger partial charge in [0.25, 0.3) is 10.0 Å². The van der Waals surface area contributed by atoms with Crippen molar-refractivity contribution in [3.05, 3.63) is 11.2 Å². The molecule has 1 aliphatic heterocycles. The first-order chi connectivity index (χ1) is 7.44. The van der Waals surface area contributed by atoms with Crippen LogP contribution in [0.3, 0.4) is 0 Å². The van der Waals surface area contributed by atoms with E-state index in [1.165, 1.54) is 15.2 Å². The molecule has 90 valence electrons. The highest BCUT2D eigenvalue weighted by Gasteiger charge is 2.34. The lowest BCUT2D eigenvalue weighted by Gasteiger charge is -2.34. The molecule has 2 rings (SSSR count). The summed E-state index contributed by atoms with van der Waals surface area (Å²) in [7, 11) is -0.434. The van der Waals surface area contributed by atoms with E-state index in [1.807, 2.05) is 0 Å². The van der Waals surface area contributed by atoms with E-state index in [1.54, 1.807) is 14.1 Å². The van der Waals surface area contributed by atoms with Gasteiger partial charge in [-0.15, -0.1) is 0 Å². The standard InChI is InChI=1S/C8H13ClN4O2S/c1-12-8(7(9)5-11-12)16(14,15)13(2)6-3-10-4-6/h5-6,10H,3-4H2,1-2H3. The largest absolute Gasteiger partial charge is 0.313 e. The molecule has 1 aromatic rings. The molecule has 1 aliphatic rings. The van der Waals surface area contributed by atoms with Crippen molar-refractivity contribution >= 4 is 21.6 Å². The van der Waals surface area contributed by atoms with E-state index in [-0.39, 0.29) is 16.1 Å². The van der Waals surface area contributed by atoms with Gasteiger partial charge in [-0.25, -0.2) is 8.42 Å². The third kappa shape index (κ3) is 1.73. The Morgan fingerprint density at radius 1 is 1.62 bits per heavy atom. The van der Waals surface area contributed by atoms with Crippen LogP contribution in [0.5, 0.6) is 0 Å². The molecular formula is C8H13ClN4O2S. The molecule has 0 amide bonds. The third-order valence-corrected chi connectivity index (χ3v) is 5.16. The summed E-state index contributed by atoms with van der Waals surface area (Å²) >= 11 is 5.83. The Hall–Kier alpha value is -0.630. The zero-order valence-corrected chi connectivity index (χ0v) is 10.6. The molecule has 6 nitrogen and oxygen atoms in total. The molecule has 0 spiro atoms. The van der Waals surface area contributed by atoms with Gasteiger partial charge in [0.05, 0.1) is 11.2 Å². The minimum Gasteiger partial charge on any atom is -0.313 e. The molecule has 8 heteroatoms. The number of halogens is 1. The first-order valence-corrected chi connectivity index (χ1v) is 6.62. The average Bonchev–Trinajstić information content (AvgIpc) is 2.43. The Morgan fingerprint density at radius 2 is 2.25 bits per heavy atom. The summed E-state index contributed by atoms with van der Waals surface area (Å²) in [6.07, 6.45) is 1.33. The Morgan fingerprint density at radius 3 is 2.62 bits per heavy atom. The van der Waals surface area contributed by atoms with Crippen LogP contribution in [-0.4, -0.2) is 48.7 Å². The van der Waals surface area contributed by atoms with E-state index in [0.717, 1.165) is 0 Å². The van der Waals surface area contributed by atoms with E-state index in [0.29, 0.717) is 13.1 Å². The average molecular weight is 265 g/mol. The van der Waals surface area contributed by atoms with E-state index in [9.17, 15) is 8.42 Å². The molecule has 1 saturated heterocycles. The Kier molecular flexibility index (Phi) is 2.95. The van der Waals surface area contributed by atoms with Crippen molar-refractivity contribution in [2.45, 2.75) is 11.1 Å². The molecule has 0 unspecified atom stereocenters. The summed E-state index contributed by atoms with van der Waals surface area (Å²) in [6.45, 7) is 1.34. The Balaban J connectivity index is 2.38. The van der Waals surface area contributed by atoms with Crippen molar-refractivity contribution in [1.29, 1.82) is 0 Å². The van der Waals surface area contributed by atoms with Crippen LogP contribution >= 0.6 is 11.6 Å². The van der Waals surface area contributed by atoms with Gasteiger partial charge < -0.3 is 5.32 Å². The zero-order chi connectivity index (χ0) is 11.9. The van der Waals surface area contributed by atoms with Gasteiger partial charge in [-0.3, -0.25) is 4.68 Å². The molecule has 1 aromatic heterocycles. The maximum atomic E-state index is 12.2. The second-order valence-electron chi connectivity index (χ2n) is 3.75. The zero-order valence-electron chi connectivity index (χ0n) is 9.01. The van der Waals surface area contributed by atoms with Crippen LogP contribution in [0.25, 0.3) is 0 Å². The number of nitrogens with one attached hydrogen (secondary N) is 1. The molecule has 1 fully saturated rings. The first kappa shape index (κ1) is 11.8. The van der Waals surface area contributed by atoms with Gasteiger partial charge in [-0.1, -0.05) is 11.6 Å². The van der Waals surface area contributed by atoms with Crippen LogP contribution in [0.4, 0.5) is 0 Å².